The Labute approximate surface area is 199 Å². The maximum atomic E-state index is 13.3. The van der Waals surface area contributed by atoms with Gasteiger partial charge >= 0.3 is 0 Å². The van der Waals surface area contributed by atoms with E-state index in [1.54, 1.807) is 49.4 Å². The number of rotatable bonds is 10. The van der Waals surface area contributed by atoms with Crippen molar-refractivity contribution in [1.29, 1.82) is 0 Å². The van der Waals surface area contributed by atoms with E-state index in [0.717, 1.165) is 22.5 Å². The molecule has 0 saturated carbocycles. The number of sulfonamides is 1. The third-order valence-electron chi connectivity index (χ3n) is 4.76. The summed E-state index contributed by atoms with van der Waals surface area (Å²) in [5.41, 5.74) is 1.02. The van der Waals surface area contributed by atoms with Crippen molar-refractivity contribution in [2.24, 2.45) is 0 Å². The van der Waals surface area contributed by atoms with Crippen LogP contribution in [0.25, 0.3) is 0 Å². The molecule has 2 aromatic carbocycles. The summed E-state index contributed by atoms with van der Waals surface area (Å²) in [6, 6.07) is 12.3. The van der Waals surface area contributed by atoms with E-state index >= 15 is 0 Å². The van der Waals surface area contributed by atoms with Gasteiger partial charge in [0, 0.05) is 23.1 Å². The zero-order chi connectivity index (χ0) is 23.9. The van der Waals surface area contributed by atoms with E-state index in [1.807, 2.05) is 6.92 Å². The van der Waals surface area contributed by atoms with Crippen LogP contribution in [0.2, 0.25) is 10.0 Å². The SMILES string of the molecule is CCCNC(=O)C(C)N(Cc1ccc(Cl)cc1)C(=O)CN(c1cccc(Cl)c1)S(C)(=O)=O. The third kappa shape index (κ3) is 7.39. The van der Waals surface area contributed by atoms with E-state index in [0.29, 0.717) is 16.6 Å². The van der Waals surface area contributed by atoms with Gasteiger partial charge < -0.3 is 10.2 Å². The summed E-state index contributed by atoms with van der Waals surface area (Å²) in [5.74, 6) is -0.840. The van der Waals surface area contributed by atoms with Crippen molar-refractivity contribution >= 4 is 50.7 Å². The molecule has 10 heteroatoms. The maximum absolute atomic E-state index is 13.3. The van der Waals surface area contributed by atoms with Crippen LogP contribution in [0.5, 0.6) is 0 Å². The number of nitrogens with one attached hydrogen (secondary N) is 1. The van der Waals surface area contributed by atoms with Crippen LogP contribution in [0.15, 0.2) is 48.5 Å². The Kier molecular flexibility index (Phi) is 9.36. The zero-order valence-electron chi connectivity index (χ0n) is 18.2. The van der Waals surface area contributed by atoms with Gasteiger partial charge in [0.15, 0.2) is 0 Å². The molecule has 2 amide bonds. The van der Waals surface area contributed by atoms with E-state index in [4.69, 9.17) is 23.2 Å². The Hall–Kier alpha value is -2.29. The summed E-state index contributed by atoms with van der Waals surface area (Å²) in [6.07, 6.45) is 1.77. The number of anilines is 1. The van der Waals surface area contributed by atoms with Crippen LogP contribution in [0.1, 0.15) is 25.8 Å². The van der Waals surface area contributed by atoms with Crippen LogP contribution in [0.4, 0.5) is 5.69 Å². The van der Waals surface area contributed by atoms with E-state index < -0.39 is 28.5 Å². The summed E-state index contributed by atoms with van der Waals surface area (Å²) in [6.45, 7) is 3.66. The van der Waals surface area contributed by atoms with Crippen molar-refractivity contribution in [3.8, 4) is 0 Å². The Morgan fingerprint density at radius 2 is 1.72 bits per heavy atom. The molecular weight excluding hydrogens is 473 g/mol. The van der Waals surface area contributed by atoms with E-state index in [9.17, 15) is 18.0 Å². The van der Waals surface area contributed by atoms with Crippen LogP contribution >= 0.6 is 23.2 Å². The highest BCUT2D eigenvalue weighted by molar-refractivity contribution is 7.92. The number of hydrogen-bond donors (Lipinski definition) is 1. The lowest BCUT2D eigenvalue weighted by Crippen LogP contribution is -2.51. The fourth-order valence-electron chi connectivity index (χ4n) is 3.01. The van der Waals surface area contributed by atoms with Crippen molar-refractivity contribution in [3.05, 3.63) is 64.1 Å². The quantitative estimate of drug-likeness (QED) is 0.539. The van der Waals surface area contributed by atoms with E-state index in [1.165, 1.54) is 11.0 Å². The number of nitrogens with zero attached hydrogens (tertiary/aromatic N) is 2. The van der Waals surface area contributed by atoms with Crippen LogP contribution in [0.3, 0.4) is 0 Å². The first kappa shape index (κ1) is 26.0. The summed E-state index contributed by atoms with van der Waals surface area (Å²) in [7, 11) is -3.79. The molecule has 0 saturated heterocycles. The van der Waals surface area contributed by atoms with Gasteiger partial charge in [-0.25, -0.2) is 8.42 Å². The molecule has 1 unspecified atom stereocenters. The monoisotopic (exact) mass is 499 g/mol. The molecule has 0 radical (unpaired) electrons. The molecule has 0 bridgehead atoms. The Morgan fingerprint density at radius 1 is 1.06 bits per heavy atom. The smallest absolute Gasteiger partial charge is 0.244 e. The third-order valence-corrected chi connectivity index (χ3v) is 6.39. The second-order valence-electron chi connectivity index (χ2n) is 7.36. The van der Waals surface area contributed by atoms with Gasteiger partial charge in [0.1, 0.15) is 12.6 Å². The normalized spacial score (nSPS) is 12.2. The van der Waals surface area contributed by atoms with Crippen molar-refractivity contribution in [2.75, 3.05) is 23.7 Å². The Balaban J connectivity index is 2.35. The van der Waals surface area contributed by atoms with Gasteiger partial charge in [-0.15, -0.1) is 0 Å². The molecule has 2 rings (SSSR count). The summed E-state index contributed by atoms with van der Waals surface area (Å²) < 4.78 is 25.9. The summed E-state index contributed by atoms with van der Waals surface area (Å²) in [4.78, 5) is 27.3. The molecule has 0 aliphatic heterocycles. The number of carbonyl (C=O) groups is 2. The van der Waals surface area contributed by atoms with E-state index in [2.05, 4.69) is 5.32 Å². The lowest BCUT2D eigenvalue weighted by molar-refractivity contribution is -0.139. The fraction of sp³-hybridized carbons (Fsp3) is 0.364. The molecule has 2 aromatic rings. The summed E-state index contributed by atoms with van der Waals surface area (Å²) in [5, 5.41) is 3.67. The second kappa shape index (κ2) is 11.5. The molecule has 0 aliphatic rings. The second-order valence-corrected chi connectivity index (χ2v) is 10.1. The van der Waals surface area contributed by atoms with Crippen molar-refractivity contribution in [2.45, 2.75) is 32.9 Å². The van der Waals surface area contributed by atoms with Gasteiger partial charge in [0.25, 0.3) is 0 Å². The predicted octanol–water partition coefficient (Wildman–Crippen LogP) is 3.70. The number of halogens is 2. The van der Waals surface area contributed by atoms with E-state index in [-0.39, 0.29) is 18.1 Å². The molecule has 0 spiro atoms. The van der Waals surface area contributed by atoms with Gasteiger partial charge in [-0.3, -0.25) is 13.9 Å². The van der Waals surface area contributed by atoms with Crippen molar-refractivity contribution in [1.82, 2.24) is 10.2 Å². The first-order chi connectivity index (χ1) is 15.0. The molecule has 1 N–H and O–H groups in total. The number of carbonyl (C=O) groups excluding carboxylic acids is 2. The minimum absolute atomic E-state index is 0.115. The summed E-state index contributed by atoms with van der Waals surface area (Å²) >= 11 is 12.0. The minimum atomic E-state index is -3.79. The van der Waals surface area contributed by atoms with Crippen molar-refractivity contribution < 1.29 is 18.0 Å². The van der Waals surface area contributed by atoms with Crippen LogP contribution < -0.4 is 9.62 Å². The van der Waals surface area contributed by atoms with Crippen LogP contribution in [-0.4, -0.2) is 50.5 Å². The lowest BCUT2D eigenvalue weighted by atomic mass is 10.1. The Morgan fingerprint density at radius 3 is 2.28 bits per heavy atom. The molecule has 0 heterocycles. The van der Waals surface area contributed by atoms with Gasteiger partial charge in [0.05, 0.1) is 11.9 Å². The number of amides is 2. The predicted molar refractivity (Wildman–Crippen MR) is 128 cm³/mol. The molecule has 7 nitrogen and oxygen atoms in total. The maximum Gasteiger partial charge on any atom is 0.244 e. The van der Waals surface area contributed by atoms with Crippen molar-refractivity contribution in [3.63, 3.8) is 0 Å². The largest absolute Gasteiger partial charge is 0.354 e. The van der Waals surface area contributed by atoms with Gasteiger partial charge in [-0.05, 0) is 49.2 Å². The lowest BCUT2D eigenvalue weighted by Gasteiger charge is -2.31. The van der Waals surface area contributed by atoms with Gasteiger partial charge in [0.2, 0.25) is 21.8 Å². The first-order valence-corrected chi connectivity index (χ1v) is 12.7. The van der Waals surface area contributed by atoms with Gasteiger partial charge in [-0.2, -0.15) is 0 Å². The van der Waals surface area contributed by atoms with Gasteiger partial charge in [-0.1, -0.05) is 48.3 Å². The molecule has 0 aliphatic carbocycles. The van der Waals surface area contributed by atoms with Crippen LogP contribution in [0, 0.1) is 0 Å². The molecule has 0 fully saturated rings. The standard InChI is InChI=1S/C22H27Cl2N3O4S/c1-4-12-25-22(29)16(2)26(14-17-8-10-18(23)11-9-17)21(28)15-27(32(3,30)31)20-7-5-6-19(24)13-20/h5-11,13,16H,4,12,14-15H2,1-3H3,(H,25,29). The topological polar surface area (TPSA) is 86.8 Å². The number of benzene rings is 2. The van der Waals surface area contributed by atoms with Crippen LogP contribution in [-0.2, 0) is 26.2 Å². The molecule has 174 valence electrons. The minimum Gasteiger partial charge on any atom is -0.354 e. The molecule has 1 atom stereocenters. The molecule has 32 heavy (non-hydrogen) atoms. The average molecular weight is 500 g/mol. The highest BCUT2D eigenvalue weighted by Gasteiger charge is 2.30. The average Bonchev–Trinajstić information content (AvgIpc) is 2.73. The Bertz CT molecular complexity index is 1050. The number of hydrogen-bond acceptors (Lipinski definition) is 4. The fourth-order valence-corrected chi connectivity index (χ4v) is 4.16. The molecular formula is C22H27Cl2N3O4S. The first-order valence-electron chi connectivity index (χ1n) is 10.1. The highest BCUT2D eigenvalue weighted by Crippen LogP contribution is 2.22. The highest BCUT2D eigenvalue weighted by atomic mass is 35.5. The zero-order valence-corrected chi connectivity index (χ0v) is 20.5. The molecule has 0 aromatic heterocycles.